The highest BCUT2D eigenvalue weighted by Crippen LogP contribution is 2.06. The first-order chi connectivity index (χ1) is 4.18. The van der Waals surface area contributed by atoms with E-state index in [4.69, 9.17) is 5.11 Å². The summed E-state index contributed by atoms with van der Waals surface area (Å²) in [6.45, 7) is 3.81. The van der Waals surface area contributed by atoms with Gasteiger partial charge in [0.25, 0.3) is 0 Å². The van der Waals surface area contributed by atoms with Gasteiger partial charge in [-0.05, 0) is 6.42 Å². The minimum Gasteiger partial charge on any atom is -0.481 e. The molecule has 0 fully saturated rings. The Morgan fingerprint density at radius 1 is 1.60 bits per heavy atom. The molecule has 0 heterocycles. The van der Waals surface area contributed by atoms with Crippen molar-refractivity contribution in [3.63, 3.8) is 0 Å². The van der Waals surface area contributed by atoms with Crippen LogP contribution in [0.3, 0.4) is 0 Å². The molecule has 0 amide bonds. The van der Waals surface area contributed by atoms with Crippen LogP contribution < -0.4 is 6.15 Å². The molecule has 10 heavy (non-hydrogen) atoms. The summed E-state index contributed by atoms with van der Waals surface area (Å²) in [7, 11) is 0. The van der Waals surface area contributed by atoms with Gasteiger partial charge in [-0.15, -0.1) is 0 Å². The highest BCUT2D eigenvalue weighted by molar-refractivity contribution is 5.69. The van der Waals surface area contributed by atoms with Crippen LogP contribution in [0.1, 0.15) is 33.1 Å². The Balaban J connectivity index is 0. The SMILES string of the molecule is CCCCC(C)C(=O)O.N. The van der Waals surface area contributed by atoms with Crippen LogP contribution in [0, 0.1) is 5.92 Å². The maximum absolute atomic E-state index is 10.2. The maximum Gasteiger partial charge on any atom is 0.306 e. The van der Waals surface area contributed by atoms with E-state index >= 15 is 0 Å². The second kappa shape index (κ2) is 6.55. The van der Waals surface area contributed by atoms with Gasteiger partial charge in [-0.3, -0.25) is 4.79 Å². The number of carboxylic acids is 1. The number of unbranched alkanes of at least 4 members (excludes halogenated alkanes) is 1. The molecule has 0 aromatic heterocycles. The van der Waals surface area contributed by atoms with Gasteiger partial charge in [0, 0.05) is 0 Å². The van der Waals surface area contributed by atoms with Crippen molar-refractivity contribution in [2.45, 2.75) is 33.1 Å². The molecule has 0 saturated heterocycles. The van der Waals surface area contributed by atoms with Crippen LogP contribution in [0.15, 0.2) is 0 Å². The Morgan fingerprint density at radius 2 is 2.10 bits per heavy atom. The van der Waals surface area contributed by atoms with Gasteiger partial charge in [0.1, 0.15) is 0 Å². The van der Waals surface area contributed by atoms with E-state index < -0.39 is 5.97 Å². The number of carboxylic acid groups (broad SMARTS) is 1. The third kappa shape index (κ3) is 5.56. The zero-order chi connectivity index (χ0) is 7.28. The molecule has 62 valence electrons. The van der Waals surface area contributed by atoms with E-state index in [-0.39, 0.29) is 12.1 Å². The normalized spacial score (nSPS) is 11.8. The number of hydrogen-bond donors (Lipinski definition) is 2. The molecule has 0 aromatic rings. The first kappa shape index (κ1) is 12.1. The van der Waals surface area contributed by atoms with Crippen LogP contribution in [0.5, 0.6) is 0 Å². The van der Waals surface area contributed by atoms with Gasteiger partial charge in [-0.2, -0.15) is 0 Å². The van der Waals surface area contributed by atoms with Crippen LogP contribution in [0.4, 0.5) is 0 Å². The molecule has 0 aliphatic heterocycles. The zero-order valence-electron chi connectivity index (χ0n) is 6.76. The van der Waals surface area contributed by atoms with Crippen LogP contribution in [-0.4, -0.2) is 11.1 Å². The Kier molecular flexibility index (Phi) is 7.95. The number of hydrogen-bond acceptors (Lipinski definition) is 2. The van der Waals surface area contributed by atoms with Gasteiger partial charge in [-0.1, -0.05) is 26.7 Å². The van der Waals surface area contributed by atoms with Crippen molar-refractivity contribution in [3.8, 4) is 0 Å². The fraction of sp³-hybridized carbons (Fsp3) is 0.857. The fourth-order valence-electron chi connectivity index (χ4n) is 0.634. The predicted octanol–water partition coefficient (Wildman–Crippen LogP) is 2.06. The average molecular weight is 147 g/mol. The van der Waals surface area contributed by atoms with Crippen molar-refractivity contribution < 1.29 is 9.90 Å². The van der Waals surface area contributed by atoms with E-state index in [2.05, 4.69) is 6.92 Å². The van der Waals surface area contributed by atoms with Crippen molar-refractivity contribution in [3.05, 3.63) is 0 Å². The highest BCUT2D eigenvalue weighted by Gasteiger charge is 2.08. The lowest BCUT2D eigenvalue weighted by Crippen LogP contribution is -2.08. The van der Waals surface area contributed by atoms with Crippen LogP contribution in [-0.2, 0) is 4.79 Å². The second-order valence-corrected chi connectivity index (χ2v) is 2.38. The molecule has 0 saturated carbocycles. The standard InChI is InChI=1S/C7H14O2.H3N/c1-3-4-5-6(2)7(8)9;/h6H,3-5H2,1-2H3,(H,8,9);1H3. The quantitative estimate of drug-likeness (QED) is 0.639. The summed E-state index contributed by atoms with van der Waals surface area (Å²) in [5, 5.41) is 8.41. The summed E-state index contributed by atoms with van der Waals surface area (Å²) < 4.78 is 0. The molecule has 3 heteroatoms. The zero-order valence-corrected chi connectivity index (χ0v) is 6.76. The summed E-state index contributed by atoms with van der Waals surface area (Å²) >= 11 is 0. The lowest BCUT2D eigenvalue weighted by atomic mass is 10.1. The minimum atomic E-state index is -0.677. The molecule has 0 aromatic carbocycles. The van der Waals surface area contributed by atoms with Crippen LogP contribution in [0.25, 0.3) is 0 Å². The number of aliphatic carboxylic acids is 1. The van der Waals surface area contributed by atoms with E-state index in [0.717, 1.165) is 19.3 Å². The van der Waals surface area contributed by atoms with Gasteiger partial charge in [0.2, 0.25) is 0 Å². The van der Waals surface area contributed by atoms with Crippen molar-refractivity contribution in [1.82, 2.24) is 6.15 Å². The van der Waals surface area contributed by atoms with Crippen LogP contribution >= 0.6 is 0 Å². The summed E-state index contributed by atoms with van der Waals surface area (Å²) in [5.41, 5.74) is 0. The molecule has 3 nitrogen and oxygen atoms in total. The Morgan fingerprint density at radius 3 is 2.40 bits per heavy atom. The molecule has 0 aliphatic carbocycles. The first-order valence-corrected chi connectivity index (χ1v) is 3.41. The third-order valence-corrected chi connectivity index (χ3v) is 1.41. The molecule has 0 radical (unpaired) electrons. The van der Waals surface area contributed by atoms with Crippen LogP contribution in [0.2, 0.25) is 0 Å². The molecular formula is C7H17NO2. The maximum atomic E-state index is 10.2. The van der Waals surface area contributed by atoms with Crippen molar-refractivity contribution in [1.29, 1.82) is 0 Å². The minimum absolute atomic E-state index is 0. The number of carbonyl (C=O) groups is 1. The lowest BCUT2D eigenvalue weighted by molar-refractivity contribution is -0.141. The number of rotatable bonds is 4. The molecule has 1 atom stereocenters. The topological polar surface area (TPSA) is 72.3 Å². The molecule has 0 rings (SSSR count). The molecule has 4 N–H and O–H groups in total. The largest absolute Gasteiger partial charge is 0.481 e. The summed E-state index contributed by atoms with van der Waals surface area (Å²) in [4.78, 5) is 10.2. The van der Waals surface area contributed by atoms with E-state index in [1.165, 1.54) is 0 Å². The summed E-state index contributed by atoms with van der Waals surface area (Å²) in [5.74, 6) is -0.839. The summed E-state index contributed by atoms with van der Waals surface area (Å²) in [6.07, 6.45) is 2.91. The van der Waals surface area contributed by atoms with E-state index in [1.807, 2.05) is 0 Å². The van der Waals surface area contributed by atoms with Crippen molar-refractivity contribution in [2.75, 3.05) is 0 Å². The van der Waals surface area contributed by atoms with E-state index in [1.54, 1.807) is 6.92 Å². The second-order valence-electron chi connectivity index (χ2n) is 2.38. The summed E-state index contributed by atoms with van der Waals surface area (Å²) in [6, 6.07) is 0. The Labute approximate surface area is 62.0 Å². The molecule has 0 spiro atoms. The van der Waals surface area contributed by atoms with Gasteiger partial charge in [0.05, 0.1) is 5.92 Å². The Bertz CT molecular complexity index is 93.6. The monoisotopic (exact) mass is 147 g/mol. The molecule has 0 bridgehead atoms. The molecule has 0 aliphatic rings. The fourth-order valence-corrected chi connectivity index (χ4v) is 0.634. The van der Waals surface area contributed by atoms with Gasteiger partial charge in [-0.25, -0.2) is 0 Å². The van der Waals surface area contributed by atoms with Crippen molar-refractivity contribution >= 4 is 5.97 Å². The van der Waals surface area contributed by atoms with Gasteiger partial charge in [0.15, 0.2) is 0 Å². The van der Waals surface area contributed by atoms with E-state index in [9.17, 15) is 4.79 Å². The van der Waals surface area contributed by atoms with Gasteiger partial charge >= 0.3 is 5.97 Å². The highest BCUT2D eigenvalue weighted by atomic mass is 16.4. The Hall–Kier alpha value is -0.570. The lowest BCUT2D eigenvalue weighted by Gasteiger charge is -2.02. The predicted molar refractivity (Wildman–Crippen MR) is 41.3 cm³/mol. The third-order valence-electron chi connectivity index (χ3n) is 1.41. The van der Waals surface area contributed by atoms with Gasteiger partial charge < -0.3 is 11.3 Å². The first-order valence-electron chi connectivity index (χ1n) is 3.41. The van der Waals surface area contributed by atoms with Crippen molar-refractivity contribution in [2.24, 2.45) is 5.92 Å². The average Bonchev–Trinajstić information content (AvgIpc) is 1.82. The van der Waals surface area contributed by atoms with E-state index in [0.29, 0.717) is 0 Å². The smallest absolute Gasteiger partial charge is 0.306 e. The molecular weight excluding hydrogens is 130 g/mol. The molecule has 1 unspecified atom stereocenters.